The lowest BCUT2D eigenvalue weighted by Gasteiger charge is -2.11. The molecule has 2 N–H and O–H groups in total. The zero-order chi connectivity index (χ0) is 19.6. The maximum Gasteiger partial charge on any atom is 0.276 e. The molecule has 0 saturated heterocycles. The normalized spacial score (nSPS) is 10.0. The summed E-state index contributed by atoms with van der Waals surface area (Å²) in [7, 11) is 0. The van der Waals surface area contributed by atoms with Crippen molar-refractivity contribution in [2.24, 2.45) is 5.92 Å². The molecule has 0 bridgehead atoms. The highest BCUT2D eigenvalue weighted by Crippen LogP contribution is 2.14. The Bertz CT molecular complexity index is 826. The minimum Gasteiger partial charge on any atom is -0.493 e. The largest absolute Gasteiger partial charge is 0.493 e. The van der Waals surface area contributed by atoms with Gasteiger partial charge in [0, 0.05) is 5.56 Å². The summed E-state index contributed by atoms with van der Waals surface area (Å²) in [4.78, 5) is 23.9. The first-order valence-corrected chi connectivity index (χ1v) is 8.43. The molecule has 140 valence electrons. The molecule has 2 rings (SSSR count). The second kappa shape index (κ2) is 9.82. The molecule has 27 heavy (non-hydrogen) atoms. The van der Waals surface area contributed by atoms with Gasteiger partial charge in [-0.3, -0.25) is 20.4 Å². The Labute approximate surface area is 157 Å². The zero-order valence-electron chi connectivity index (χ0n) is 15.2. The predicted octanol–water partition coefficient (Wildman–Crippen LogP) is 2.43. The first kappa shape index (κ1) is 19.8. The minimum absolute atomic E-state index is 0.274. The average Bonchev–Trinajstić information content (AvgIpc) is 2.69. The van der Waals surface area contributed by atoms with E-state index in [1.165, 1.54) is 0 Å². The van der Waals surface area contributed by atoms with Crippen molar-refractivity contribution in [1.82, 2.24) is 10.9 Å². The number of hydrogen-bond acceptors (Lipinski definition) is 5. The van der Waals surface area contributed by atoms with Crippen LogP contribution >= 0.6 is 0 Å². The zero-order valence-corrected chi connectivity index (χ0v) is 15.2. The SMILES string of the molecule is CC(C)COc1cccc(C(=O)NNC(=O)COc2ccc(C#N)cc2)c1. The van der Waals surface area contributed by atoms with Gasteiger partial charge in [-0.1, -0.05) is 19.9 Å². The third-order valence-corrected chi connectivity index (χ3v) is 3.35. The number of nitrogens with zero attached hydrogens (tertiary/aromatic N) is 1. The van der Waals surface area contributed by atoms with E-state index in [9.17, 15) is 9.59 Å². The number of nitriles is 1. The van der Waals surface area contributed by atoms with Crippen molar-refractivity contribution in [3.05, 3.63) is 59.7 Å². The van der Waals surface area contributed by atoms with E-state index in [0.29, 0.717) is 35.2 Å². The van der Waals surface area contributed by atoms with Crippen molar-refractivity contribution in [3.8, 4) is 17.6 Å². The molecule has 7 nitrogen and oxygen atoms in total. The van der Waals surface area contributed by atoms with E-state index in [1.807, 2.05) is 19.9 Å². The van der Waals surface area contributed by atoms with Gasteiger partial charge in [0.25, 0.3) is 11.8 Å². The first-order chi connectivity index (χ1) is 13.0. The van der Waals surface area contributed by atoms with E-state index in [0.717, 1.165) is 0 Å². The Morgan fingerprint density at radius 3 is 2.44 bits per heavy atom. The Balaban J connectivity index is 1.79. The van der Waals surface area contributed by atoms with E-state index < -0.39 is 11.8 Å². The smallest absolute Gasteiger partial charge is 0.276 e. The van der Waals surface area contributed by atoms with Crippen LogP contribution in [0.1, 0.15) is 29.8 Å². The number of hydrazine groups is 1. The number of ether oxygens (including phenoxy) is 2. The Morgan fingerprint density at radius 2 is 1.78 bits per heavy atom. The molecule has 0 aliphatic rings. The highest BCUT2D eigenvalue weighted by molar-refractivity contribution is 5.95. The lowest BCUT2D eigenvalue weighted by molar-refractivity contribution is -0.123. The molecule has 0 aliphatic heterocycles. The van der Waals surface area contributed by atoms with Gasteiger partial charge in [-0.2, -0.15) is 5.26 Å². The number of benzene rings is 2. The van der Waals surface area contributed by atoms with Crippen LogP contribution in [0.15, 0.2) is 48.5 Å². The Kier molecular flexibility index (Phi) is 7.20. The van der Waals surface area contributed by atoms with Crippen LogP contribution in [0.2, 0.25) is 0 Å². The van der Waals surface area contributed by atoms with Crippen molar-refractivity contribution in [2.45, 2.75) is 13.8 Å². The van der Waals surface area contributed by atoms with Crippen LogP contribution in [0, 0.1) is 17.2 Å². The number of rotatable bonds is 7. The summed E-state index contributed by atoms with van der Waals surface area (Å²) in [6.07, 6.45) is 0. The molecule has 2 aromatic rings. The molecular weight excluding hydrogens is 346 g/mol. The molecule has 0 heterocycles. The van der Waals surface area contributed by atoms with Gasteiger partial charge in [0.1, 0.15) is 11.5 Å². The summed E-state index contributed by atoms with van der Waals surface area (Å²) < 4.78 is 10.9. The van der Waals surface area contributed by atoms with Gasteiger partial charge in [-0.05, 0) is 48.4 Å². The van der Waals surface area contributed by atoms with E-state index >= 15 is 0 Å². The highest BCUT2D eigenvalue weighted by atomic mass is 16.5. The molecular formula is C20H21N3O4. The van der Waals surface area contributed by atoms with E-state index in [1.54, 1.807) is 48.5 Å². The molecule has 0 saturated carbocycles. The molecule has 0 aliphatic carbocycles. The summed E-state index contributed by atoms with van der Waals surface area (Å²) in [5, 5.41) is 8.73. The minimum atomic E-state index is -0.514. The van der Waals surface area contributed by atoms with E-state index in [2.05, 4.69) is 10.9 Å². The van der Waals surface area contributed by atoms with Crippen molar-refractivity contribution in [2.75, 3.05) is 13.2 Å². The third-order valence-electron chi connectivity index (χ3n) is 3.35. The van der Waals surface area contributed by atoms with E-state index in [4.69, 9.17) is 14.7 Å². The van der Waals surface area contributed by atoms with Gasteiger partial charge >= 0.3 is 0 Å². The third kappa shape index (κ3) is 6.71. The van der Waals surface area contributed by atoms with Crippen molar-refractivity contribution in [3.63, 3.8) is 0 Å². The average molecular weight is 367 g/mol. The summed E-state index contributed by atoms with van der Waals surface area (Å²) in [6, 6.07) is 15.1. The second-order valence-corrected chi connectivity index (χ2v) is 6.16. The van der Waals surface area contributed by atoms with Crippen molar-refractivity contribution in [1.29, 1.82) is 5.26 Å². The molecule has 0 spiro atoms. The van der Waals surface area contributed by atoms with Crippen LogP contribution in [0.25, 0.3) is 0 Å². The number of amides is 2. The van der Waals surface area contributed by atoms with Gasteiger partial charge in [-0.15, -0.1) is 0 Å². The Morgan fingerprint density at radius 1 is 1.04 bits per heavy atom. The summed E-state index contributed by atoms with van der Waals surface area (Å²) in [5.41, 5.74) is 5.48. The topological polar surface area (TPSA) is 100 Å². The summed E-state index contributed by atoms with van der Waals surface area (Å²) >= 11 is 0. The molecule has 0 atom stereocenters. The number of nitrogens with one attached hydrogen (secondary N) is 2. The highest BCUT2D eigenvalue weighted by Gasteiger charge is 2.09. The van der Waals surface area contributed by atoms with Crippen LogP contribution < -0.4 is 20.3 Å². The fraction of sp³-hybridized carbons (Fsp3) is 0.250. The monoisotopic (exact) mass is 367 g/mol. The van der Waals surface area contributed by atoms with Gasteiger partial charge in [0.05, 0.1) is 18.2 Å². The fourth-order valence-corrected chi connectivity index (χ4v) is 2.00. The molecule has 7 heteroatoms. The van der Waals surface area contributed by atoms with Gasteiger partial charge in [0.15, 0.2) is 6.61 Å². The van der Waals surface area contributed by atoms with Crippen molar-refractivity contribution >= 4 is 11.8 Å². The predicted molar refractivity (Wildman–Crippen MR) is 99.0 cm³/mol. The van der Waals surface area contributed by atoms with Crippen LogP contribution in [-0.2, 0) is 4.79 Å². The molecule has 0 aromatic heterocycles. The summed E-state index contributed by atoms with van der Waals surface area (Å²) in [6.45, 7) is 4.34. The van der Waals surface area contributed by atoms with Crippen LogP contribution in [0.3, 0.4) is 0 Å². The maximum absolute atomic E-state index is 12.1. The second-order valence-electron chi connectivity index (χ2n) is 6.16. The van der Waals surface area contributed by atoms with Crippen molar-refractivity contribution < 1.29 is 19.1 Å². The fourth-order valence-electron chi connectivity index (χ4n) is 2.00. The maximum atomic E-state index is 12.1. The number of carbonyl (C=O) groups is 2. The van der Waals surface area contributed by atoms with Crippen LogP contribution in [0.5, 0.6) is 11.5 Å². The first-order valence-electron chi connectivity index (χ1n) is 8.43. The molecule has 0 radical (unpaired) electrons. The Hall–Kier alpha value is -3.53. The molecule has 0 unspecified atom stereocenters. The van der Waals surface area contributed by atoms with Crippen LogP contribution in [-0.4, -0.2) is 25.0 Å². The lowest BCUT2D eigenvalue weighted by Crippen LogP contribution is -2.43. The van der Waals surface area contributed by atoms with Crippen LogP contribution in [0.4, 0.5) is 0 Å². The van der Waals surface area contributed by atoms with Gasteiger partial charge < -0.3 is 9.47 Å². The lowest BCUT2D eigenvalue weighted by atomic mass is 10.2. The molecule has 2 amide bonds. The van der Waals surface area contributed by atoms with E-state index in [-0.39, 0.29) is 6.61 Å². The number of carbonyl (C=O) groups excluding carboxylic acids is 2. The molecule has 2 aromatic carbocycles. The quantitative estimate of drug-likeness (QED) is 0.732. The standard InChI is InChI=1S/C20H21N3O4/c1-14(2)12-26-18-5-3-4-16(10-18)20(25)23-22-19(24)13-27-17-8-6-15(11-21)7-9-17/h3-10,14H,12-13H2,1-2H3,(H,22,24)(H,23,25). The molecule has 0 fully saturated rings. The number of hydrogen-bond donors (Lipinski definition) is 2. The van der Waals surface area contributed by atoms with Gasteiger partial charge in [0.2, 0.25) is 0 Å². The summed E-state index contributed by atoms with van der Waals surface area (Å²) in [5.74, 6) is 0.437. The van der Waals surface area contributed by atoms with Gasteiger partial charge in [-0.25, -0.2) is 0 Å².